The second kappa shape index (κ2) is 56.4. The van der Waals surface area contributed by atoms with E-state index in [1.165, 1.54) is 78.1 Å². The van der Waals surface area contributed by atoms with E-state index in [0.717, 1.165) is 148 Å². The highest BCUT2D eigenvalue weighted by atomic mass is 127. The predicted octanol–water partition coefficient (Wildman–Crippen LogP) is 23.5. The summed E-state index contributed by atoms with van der Waals surface area (Å²) in [6.07, 6.45) is 25.2. The summed E-state index contributed by atoms with van der Waals surface area (Å²) in [6.45, 7) is 25.2. The molecule has 5 aromatic heterocycles. The highest BCUT2D eigenvalue weighted by Crippen LogP contribution is 2.38. The molecular weight excluding hydrogens is 1630 g/mol. The fourth-order valence-electron chi connectivity index (χ4n) is 11.1. The number of hydrogen-bond acceptors (Lipinski definition) is 9. The molecule has 0 spiro atoms. The van der Waals surface area contributed by atoms with Gasteiger partial charge in [0.25, 0.3) is 0 Å². The highest BCUT2D eigenvalue weighted by molar-refractivity contribution is 14.1. The van der Waals surface area contributed by atoms with Crippen molar-refractivity contribution < 1.29 is 65.8 Å². The van der Waals surface area contributed by atoms with Gasteiger partial charge in [-0.15, -0.1) is 12.4 Å². The van der Waals surface area contributed by atoms with E-state index in [4.69, 9.17) is 39.9 Å². The zero-order chi connectivity index (χ0) is 78.2. The average molecular weight is 1770 g/mol. The van der Waals surface area contributed by atoms with Crippen LogP contribution in [0.15, 0.2) is 159 Å². The van der Waals surface area contributed by atoms with Crippen LogP contribution in [0.1, 0.15) is 159 Å². The molecule has 6 heterocycles. The number of ether oxygens (including phenoxy) is 1. The van der Waals surface area contributed by atoms with Gasteiger partial charge in [-0.2, -0.15) is 0 Å². The Bertz CT molecular complexity index is 4340. The van der Waals surface area contributed by atoms with Crippen molar-refractivity contribution in [2.24, 2.45) is 27.0 Å². The van der Waals surface area contributed by atoms with Crippen LogP contribution < -0.4 is 11.3 Å². The Labute approximate surface area is 700 Å². The summed E-state index contributed by atoms with van der Waals surface area (Å²) in [5, 5.41) is 38.2. The molecule has 0 aliphatic carbocycles. The van der Waals surface area contributed by atoms with Crippen molar-refractivity contribution in [1.82, 2.24) is 23.7 Å². The van der Waals surface area contributed by atoms with Gasteiger partial charge in [0.2, 0.25) is 0 Å². The molecule has 0 atom stereocenters. The molecule has 0 saturated carbocycles. The van der Waals surface area contributed by atoms with Crippen LogP contribution in [0.2, 0.25) is 36.3 Å². The second-order valence-electron chi connectivity index (χ2n) is 29.1. The minimum atomic E-state index is -1.67. The molecule has 0 radical (unpaired) electrons. The number of allylic oxidation sites excluding steroid dienone is 1. The van der Waals surface area contributed by atoms with Crippen molar-refractivity contribution in [3.63, 3.8) is 0 Å². The summed E-state index contributed by atoms with van der Waals surface area (Å²) in [5.74, 6) is 3.85. The zero-order valence-corrected chi connectivity index (χ0v) is 70.1. The number of aromatic amines is 2. The molecule has 0 saturated heterocycles. The van der Waals surface area contributed by atoms with Crippen LogP contribution in [0.25, 0.3) is 54.5 Å². The lowest BCUT2D eigenvalue weighted by Gasteiger charge is -2.36. The largest absolute Gasteiger partial charge is 0.502 e. The maximum Gasteiger partial charge on any atom is 0.191 e. The van der Waals surface area contributed by atoms with Crippen molar-refractivity contribution in [2.45, 2.75) is 199 Å². The van der Waals surface area contributed by atoms with Crippen molar-refractivity contribution in [3.8, 4) is 0 Å². The third-order valence-corrected chi connectivity index (χ3v) is 28.8. The molecule has 15 nitrogen and oxygen atoms in total. The number of aliphatic hydroxyl groups is 4. The maximum atomic E-state index is 13.5. The molecule has 11 aromatic rings. The molecule has 12 rings (SSSR count). The third kappa shape index (κ3) is 36.3. The van der Waals surface area contributed by atoms with Gasteiger partial charge in [-0.3, -0.25) is 5.84 Å². The van der Waals surface area contributed by atoms with Crippen molar-refractivity contribution in [2.75, 3.05) is 56.1 Å². The van der Waals surface area contributed by atoms with Gasteiger partial charge in [0.05, 0.1) is 26.1 Å². The van der Waals surface area contributed by atoms with Gasteiger partial charge < -0.3 is 68.6 Å². The average Bonchev–Trinajstić information content (AvgIpc) is 1.68. The van der Waals surface area contributed by atoms with E-state index in [0.29, 0.717) is 12.1 Å². The lowest BCUT2D eigenvalue weighted by molar-refractivity contribution is 0.186. The first-order chi connectivity index (χ1) is 50.3. The summed E-state index contributed by atoms with van der Waals surface area (Å²) < 4.78 is 103. The highest BCUT2D eigenvalue weighted by Gasteiger charge is 2.38. The quantitative estimate of drug-likeness (QED) is 0.00651. The number of aromatic nitrogens is 5. The number of benzene rings is 6. The van der Waals surface area contributed by atoms with Gasteiger partial charge in [0, 0.05) is 139 Å². The van der Waals surface area contributed by atoms with Crippen molar-refractivity contribution in [1.29, 1.82) is 0 Å². The van der Waals surface area contributed by atoms with E-state index < -0.39 is 16.6 Å². The maximum absolute atomic E-state index is 13.5. The second-order valence-corrected chi connectivity index (χ2v) is 39.8. The standard InChI is InChI=1S/C18H28FNOSi.C17H26FNOSi.C12H13FIN.C12H14FNO.C11H12FNO.C6H7FN2.C5H8O.C2H6O2.6CH4.ClH.H2O/c1-18(2,3)22(5,6)21-11-7-8-14-13-20(4)17-10-9-15(19)12-16(14)17;1-17(2,3)21(4,5)20-10-6-7-13-12-19-16-9-8-14(18)11-15(13)16;1-15-8-9(3-2-6-14)11-7-10(13)4-5-12(11)15;1-14-8-9(3-2-6-15)11-7-10(13)4-5-12(11)14;12-9-3-4-11-10(6-9)8(7-13-11)2-1-5-14;7-5-1-3-6(9-8)4-2-5;1-2-4-6-5-3-1;3-1-2-4;;;;;;;;/h9-10,12-13H,7-8,11H2,1-6H3;8-9,11-12,19H,6-7,10H2,1-5H3;4-5,7-8H,2-3,6H2,1H3;4-5,7-8,15H,2-3,6H2,1H3;3-4,6-7,13-14H,1-2,5H2;1-4,9H,8H2;2,4H,1,3,5H2;3-4H,1-2H2;6*1H4;1H;1H2. The Kier molecular flexibility index (Phi) is 56.1. The molecule has 0 fully saturated rings. The topological polar surface area (TPSA) is 225 Å². The summed E-state index contributed by atoms with van der Waals surface area (Å²) in [5.41, 5.74) is 14.1. The first kappa shape index (κ1) is 113. The minimum Gasteiger partial charge on any atom is -0.502 e. The zero-order valence-electron chi connectivity index (χ0n) is 65.1. The molecule has 11 N–H and O–H groups in total. The number of hydrogen-bond donors (Lipinski definition) is 8. The molecule has 6 aromatic carbocycles. The van der Waals surface area contributed by atoms with Crippen molar-refractivity contribution >= 4 is 112 Å². The monoisotopic (exact) mass is 1770 g/mol. The van der Waals surface area contributed by atoms with Crippen LogP contribution >= 0.6 is 35.0 Å². The van der Waals surface area contributed by atoms with E-state index in [-0.39, 0.29) is 134 Å². The number of hydrazine groups is 1. The number of anilines is 1. The van der Waals surface area contributed by atoms with Crippen LogP contribution in [0.3, 0.4) is 0 Å². The van der Waals surface area contributed by atoms with E-state index in [9.17, 15) is 26.3 Å². The first-order valence-electron chi connectivity index (χ1n) is 36.3. The normalized spacial score (nSPS) is 11.2. The number of H-pyrrole nitrogens is 2. The SMILES string of the molecule is C.C.C.C.C.C.C1=COCCC1.CC(C)(C)[Si](C)(C)OCCCc1c[nH]c2ccc(F)cc12.Cl.Cn1cc(CCCI)c2cc(F)ccc21.Cn1cc(CCCO)c2cc(F)ccc21.Cn1cc(CCCO[Si](C)(C)C(C)(C)C)c2cc(F)ccc21.NNc1ccc(F)cc1.O.OCCCc1c[nH]c2ccc(F)cc12.OCCO. The Morgan fingerprint density at radius 3 is 1.07 bits per heavy atom. The number of nitrogens with one attached hydrogen (secondary N) is 3. The lowest BCUT2D eigenvalue weighted by atomic mass is 10.1. The minimum absolute atomic E-state index is 0. The molecule has 1 aliphatic rings. The van der Waals surface area contributed by atoms with Crippen LogP contribution in [-0.4, -0.2) is 117 Å². The van der Waals surface area contributed by atoms with Gasteiger partial charge in [-0.05, 0) is 267 Å². The number of fused-ring (bicyclic) bond motifs is 5. The summed E-state index contributed by atoms with van der Waals surface area (Å²) in [6, 6.07) is 30.2. The number of aliphatic hydroxyl groups excluding tert-OH is 4. The number of aryl methyl sites for hydroxylation is 8. The lowest BCUT2D eigenvalue weighted by Crippen LogP contribution is -2.41. The van der Waals surface area contributed by atoms with Crippen LogP contribution in [0.5, 0.6) is 0 Å². The number of nitrogens with zero attached hydrogens (tertiary/aromatic N) is 3. The molecule has 644 valence electrons. The number of alkyl halides is 1. The summed E-state index contributed by atoms with van der Waals surface area (Å²) in [4.78, 5) is 6.27. The van der Waals surface area contributed by atoms with Gasteiger partial charge in [-0.1, -0.05) is 109 Å². The van der Waals surface area contributed by atoms with Crippen LogP contribution in [0, 0.1) is 34.9 Å². The van der Waals surface area contributed by atoms with Crippen molar-refractivity contribution in [3.05, 3.63) is 221 Å². The summed E-state index contributed by atoms with van der Waals surface area (Å²) >= 11 is 2.37. The fourth-order valence-corrected chi connectivity index (χ4v) is 13.7. The molecule has 0 unspecified atom stereocenters. The Morgan fingerprint density at radius 1 is 0.465 bits per heavy atom. The fraction of sp³-hybridized carbons (Fsp3) is 0.461. The van der Waals surface area contributed by atoms with Gasteiger partial charge in [0.1, 0.15) is 34.9 Å². The molecule has 0 bridgehead atoms. The van der Waals surface area contributed by atoms with Gasteiger partial charge in [-0.25, -0.2) is 26.3 Å². The molecule has 0 amide bonds. The van der Waals surface area contributed by atoms with Gasteiger partial charge >= 0.3 is 0 Å². The number of nitrogen functional groups attached to an aromatic ring is 1. The van der Waals surface area contributed by atoms with E-state index in [2.05, 4.69) is 127 Å². The molecular formula is C89H141ClF6IN7O8Si2. The third-order valence-electron chi connectivity index (χ3n) is 19.0. The molecule has 114 heavy (non-hydrogen) atoms. The van der Waals surface area contributed by atoms with E-state index in [1.54, 1.807) is 60.9 Å². The number of nitrogens with two attached hydrogens (primary N) is 1. The smallest absolute Gasteiger partial charge is 0.191 e. The van der Waals surface area contributed by atoms with E-state index in [1.807, 2.05) is 62.5 Å². The predicted molar refractivity (Wildman–Crippen MR) is 490 cm³/mol. The van der Waals surface area contributed by atoms with Gasteiger partial charge in [0.15, 0.2) is 16.6 Å². The molecule has 25 heteroatoms. The van der Waals surface area contributed by atoms with Crippen LogP contribution in [-0.2, 0) is 66.8 Å². The Hall–Kier alpha value is -6.93. The number of rotatable bonds is 21. The Morgan fingerprint density at radius 2 is 0.781 bits per heavy atom. The molecule has 1 aliphatic heterocycles. The summed E-state index contributed by atoms with van der Waals surface area (Å²) in [7, 11) is 2.64. The van der Waals surface area contributed by atoms with Crippen LogP contribution in [0.4, 0.5) is 32.0 Å². The Balaban J connectivity index is -0.000000621. The van der Waals surface area contributed by atoms with E-state index >= 15 is 0 Å². The number of halogens is 8. The first-order valence-corrected chi connectivity index (χ1v) is 43.6.